The van der Waals surface area contributed by atoms with Crippen LogP contribution in [0.3, 0.4) is 0 Å². The molecule has 2 aromatic carbocycles. The van der Waals surface area contributed by atoms with Crippen LogP contribution in [0.4, 0.5) is 8.78 Å². The zero-order valence-electron chi connectivity index (χ0n) is 15.0. The first-order valence-electron chi connectivity index (χ1n) is 9.03. The summed E-state index contributed by atoms with van der Waals surface area (Å²) in [6.45, 7) is 2.19. The van der Waals surface area contributed by atoms with Crippen LogP contribution in [-0.4, -0.2) is 0 Å². The summed E-state index contributed by atoms with van der Waals surface area (Å²) in [6, 6.07) is 11.7. The summed E-state index contributed by atoms with van der Waals surface area (Å²) in [5.41, 5.74) is 2.98. The van der Waals surface area contributed by atoms with E-state index in [1.54, 1.807) is 35.6 Å². The largest absolute Gasteiger partial charge is 0.205 e. The Kier molecular flexibility index (Phi) is 6.91. The Balaban J connectivity index is 1.99. The molecule has 3 aromatic rings. The normalized spacial score (nSPS) is 11.1. The van der Waals surface area contributed by atoms with Gasteiger partial charge in [-0.25, -0.2) is 8.78 Å². The maximum atomic E-state index is 13.6. The summed E-state index contributed by atoms with van der Waals surface area (Å²) in [5.74, 6) is -0.852. The first-order valence-corrected chi connectivity index (χ1v) is 10.6. The second kappa shape index (κ2) is 9.18. The minimum absolute atomic E-state index is 0.108. The monoisotopic (exact) mass is 424 g/mol. The molecule has 0 saturated carbocycles. The van der Waals surface area contributed by atoms with Crippen molar-refractivity contribution in [2.24, 2.45) is 0 Å². The molecule has 1 heterocycles. The van der Waals surface area contributed by atoms with Crippen LogP contribution in [0.5, 0.6) is 0 Å². The highest BCUT2D eigenvalue weighted by Crippen LogP contribution is 2.40. The van der Waals surface area contributed by atoms with Crippen molar-refractivity contribution < 1.29 is 8.78 Å². The van der Waals surface area contributed by atoms with E-state index in [-0.39, 0.29) is 10.0 Å². The average Bonchev–Trinajstić information content (AvgIpc) is 3.07. The van der Waals surface area contributed by atoms with Gasteiger partial charge in [0.25, 0.3) is 0 Å². The van der Waals surface area contributed by atoms with E-state index >= 15 is 0 Å². The van der Waals surface area contributed by atoms with Crippen molar-refractivity contribution in [2.75, 3.05) is 0 Å². The van der Waals surface area contributed by atoms with Gasteiger partial charge < -0.3 is 0 Å². The molecule has 0 radical (unpaired) electrons. The third-order valence-electron chi connectivity index (χ3n) is 4.49. The Morgan fingerprint density at radius 3 is 2.07 bits per heavy atom. The van der Waals surface area contributed by atoms with Crippen molar-refractivity contribution in [2.45, 2.75) is 39.0 Å². The van der Waals surface area contributed by atoms with Gasteiger partial charge in [-0.15, -0.1) is 11.3 Å². The number of hydrogen-bond acceptors (Lipinski definition) is 1. The molecule has 0 spiro atoms. The van der Waals surface area contributed by atoms with E-state index in [2.05, 4.69) is 13.0 Å². The molecule has 0 amide bonds. The maximum Gasteiger partial charge on any atom is 0.141 e. The second-order valence-electron chi connectivity index (χ2n) is 6.53. The molecule has 0 saturated heterocycles. The van der Waals surface area contributed by atoms with Crippen molar-refractivity contribution in [3.8, 4) is 20.9 Å². The molecular formula is C22H20Cl2F2S. The molecule has 27 heavy (non-hydrogen) atoms. The predicted molar refractivity (Wildman–Crippen MR) is 113 cm³/mol. The molecule has 142 valence electrons. The summed E-state index contributed by atoms with van der Waals surface area (Å²) in [4.78, 5) is 2.08. The molecule has 0 fully saturated rings. The molecule has 0 aliphatic heterocycles. The van der Waals surface area contributed by atoms with Gasteiger partial charge in [0, 0.05) is 9.75 Å². The highest BCUT2D eigenvalue weighted by molar-refractivity contribution is 7.19. The van der Waals surface area contributed by atoms with E-state index in [1.807, 2.05) is 0 Å². The molecule has 0 unspecified atom stereocenters. The van der Waals surface area contributed by atoms with Crippen molar-refractivity contribution in [3.63, 3.8) is 0 Å². The molecule has 0 aliphatic rings. The maximum absolute atomic E-state index is 13.6. The van der Waals surface area contributed by atoms with Crippen LogP contribution in [0.1, 0.15) is 38.2 Å². The molecule has 5 heteroatoms. The average molecular weight is 425 g/mol. The van der Waals surface area contributed by atoms with Crippen LogP contribution in [0.25, 0.3) is 20.9 Å². The van der Waals surface area contributed by atoms with Gasteiger partial charge in [-0.2, -0.15) is 0 Å². The first-order chi connectivity index (χ1) is 13.0. The molecule has 3 rings (SSSR count). The lowest BCUT2D eigenvalue weighted by molar-refractivity contribution is 0.628. The van der Waals surface area contributed by atoms with E-state index < -0.39 is 11.6 Å². The van der Waals surface area contributed by atoms with Crippen molar-refractivity contribution in [3.05, 3.63) is 69.7 Å². The fraction of sp³-hybridized carbons (Fsp3) is 0.273. The van der Waals surface area contributed by atoms with Crippen molar-refractivity contribution >= 4 is 34.5 Å². The summed E-state index contributed by atoms with van der Waals surface area (Å²) >= 11 is 13.5. The van der Waals surface area contributed by atoms with Crippen LogP contribution in [-0.2, 0) is 6.42 Å². The van der Waals surface area contributed by atoms with Gasteiger partial charge in [-0.1, -0.05) is 61.5 Å². The number of benzene rings is 2. The molecule has 1 aromatic heterocycles. The van der Waals surface area contributed by atoms with Gasteiger partial charge in [0.15, 0.2) is 0 Å². The molecule has 0 bridgehead atoms. The molecule has 0 nitrogen and oxygen atoms in total. The van der Waals surface area contributed by atoms with Gasteiger partial charge in [0.05, 0.1) is 10.0 Å². The van der Waals surface area contributed by atoms with E-state index in [0.717, 1.165) is 33.7 Å². The topological polar surface area (TPSA) is 0 Å². The smallest absolute Gasteiger partial charge is 0.141 e. The van der Waals surface area contributed by atoms with E-state index in [0.29, 0.717) is 0 Å². The molecule has 0 atom stereocenters. The quantitative estimate of drug-likeness (QED) is 0.332. The zero-order chi connectivity index (χ0) is 19.4. The van der Waals surface area contributed by atoms with Crippen molar-refractivity contribution in [1.29, 1.82) is 0 Å². The lowest BCUT2D eigenvalue weighted by atomic mass is 10.0. The third-order valence-corrected chi connectivity index (χ3v) is 6.35. The zero-order valence-corrected chi connectivity index (χ0v) is 17.3. The second-order valence-corrected chi connectivity index (χ2v) is 8.40. The molecule has 0 aliphatic carbocycles. The Morgan fingerprint density at radius 2 is 1.44 bits per heavy atom. The fourth-order valence-corrected chi connectivity index (χ4v) is 4.59. The highest BCUT2D eigenvalue weighted by Gasteiger charge is 2.15. The number of halogens is 4. The minimum atomic E-state index is -0.428. The summed E-state index contributed by atoms with van der Waals surface area (Å²) < 4.78 is 27.1. The third kappa shape index (κ3) is 4.90. The Bertz CT molecular complexity index is 934. The summed E-state index contributed by atoms with van der Waals surface area (Å²) in [5, 5.41) is 0.223. The SMILES string of the molecule is CCCCCCc1cc(-c2ccc(F)c(Cl)c2)sc1-c1ccc(F)c(Cl)c1. The van der Waals surface area contributed by atoms with E-state index in [9.17, 15) is 8.78 Å². The van der Waals surface area contributed by atoms with Crippen LogP contribution in [0, 0.1) is 11.6 Å². The number of thiophene rings is 1. The Labute approximate surface area is 172 Å². The fourth-order valence-electron chi connectivity index (χ4n) is 3.03. The lowest BCUT2D eigenvalue weighted by Crippen LogP contribution is -1.87. The van der Waals surface area contributed by atoms with Crippen molar-refractivity contribution in [1.82, 2.24) is 0 Å². The van der Waals surface area contributed by atoms with Gasteiger partial charge in [-0.3, -0.25) is 0 Å². The minimum Gasteiger partial charge on any atom is -0.205 e. The van der Waals surface area contributed by atoms with E-state index in [4.69, 9.17) is 23.2 Å². The van der Waals surface area contributed by atoms with Crippen LogP contribution in [0.2, 0.25) is 10.0 Å². The Morgan fingerprint density at radius 1 is 0.815 bits per heavy atom. The van der Waals surface area contributed by atoms with Gasteiger partial charge in [0.1, 0.15) is 11.6 Å². The molecular weight excluding hydrogens is 405 g/mol. The standard InChI is InChI=1S/C22H20Cl2F2S/c1-2-3-4-5-6-15-13-21(14-7-9-19(25)17(23)11-14)27-22(15)16-8-10-20(26)18(24)12-16/h7-13H,2-6H2,1H3. The van der Waals surface area contributed by atoms with E-state index in [1.165, 1.54) is 37.0 Å². The number of unbranched alkanes of at least 4 members (excludes halogenated alkanes) is 3. The number of hydrogen-bond donors (Lipinski definition) is 0. The Hall–Kier alpha value is -1.42. The van der Waals surface area contributed by atoms with Gasteiger partial charge in [0.2, 0.25) is 0 Å². The summed E-state index contributed by atoms with van der Waals surface area (Å²) in [7, 11) is 0. The molecule has 0 N–H and O–H groups in total. The van der Waals surface area contributed by atoms with Crippen LogP contribution in [0.15, 0.2) is 42.5 Å². The van der Waals surface area contributed by atoms with Crippen LogP contribution >= 0.6 is 34.5 Å². The van der Waals surface area contributed by atoms with Gasteiger partial charge >= 0.3 is 0 Å². The summed E-state index contributed by atoms with van der Waals surface area (Å²) in [6.07, 6.45) is 5.60. The van der Waals surface area contributed by atoms with Gasteiger partial charge in [-0.05, 0) is 59.9 Å². The lowest BCUT2D eigenvalue weighted by Gasteiger charge is -2.05. The number of rotatable bonds is 7. The number of aryl methyl sites for hydroxylation is 1. The highest BCUT2D eigenvalue weighted by atomic mass is 35.5. The van der Waals surface area contributed by atoms with Crippen LogP contribution < -0.4 is 0 Å². The predicted octanol–water partition coefficient (Wildman–Crippen LogP) is 8.79. The first kappa shape index (κ1) is 20.3.